The van der Waals surface area contributed by atoms with Gasteiger partial charge in [-0.15, -0.1) is 0 Å². The molecule has 0 aromatic carbocycles. The molecule has 0 aromatic heterocycles. The van der Waals surface area contributed by atoms with Gasteiger partial charge in [0.15, 0.2) is 0 Å². The highest BCUT2D eigenvalue weighted by atomic mass is 16.5. The molecule has 0 bridgehead atoms. The third-order valence-corrected chi connectivity index (χ3v) is 3.52. The number of carbonyl (C=O) groups is 1. The summed E-state index contributed by atoms with van der Waals surface area (Å²) in [4.78, 5) is 11.6. The molecule has 0 heterocycles. The van der Waals surface area contributed by atoms with Crippen LogP contribution in [0.25, 0.3) is 0 Å². The topological polar surface area (TPSA) is 26.3 Å². The normalized spacial score (nSPS) is 19.8. The molecule has 16 heavy (non-hydrogen) atoms. The van der Waals surface area contributed by atoms with Crippen molar-refractivity contribution in [3.8, 4) is 0 Å². The minimum atomic E-state index is -0.00762. The number of rotatable bonds is 5. The Labute approximate surface area is 99.8 Å². The van der Waals surface area contributed by atoms with E-state index in [1.165, 1.54) is 32.1 Å². The zero-order valence-electron chi connectivity index (χ0n) is 11.0. The van der Waals surface area contributed by atoms with Crippen molar-refractivity contribution in [2.24, 2.45) is 17.8 Å². The third-order valence-electron chi connectivity index (χ3n) is 3.52. The molecule has 0 aliphatic heterocycles. The molecule has 0 radical (unpaired) electrons. The highest BCUT2D eigenvalue weighted by Gasteiger charge is 2.22. The van der Waals surface area contributed by atoms with Crippen LogP contribution < -0.4 is 0 Å². The molecule has 0 spiro atoms. The van der Waals surface area contributed by atoms with Crippen LogP contribution in [0.2, 0.25) is 0 Å². The zero-order chi connectivity index (χ0) is 12.0. The van der Waals surface area contributed by atoms with E-state index in [2.05, 4.69) is 20.8 Å². The molecular formula is C14H26O2. The second-order valence-electron chi connectivity index (χ2n) is 5.66. The summed E-state index contributed by atoms with van der Waals surface area (Å²) >= 11 is 0. The first-order chi connectivity index (χ1) is 7.59. The highest BCUT2D eigenvalue weighted by Crippen LogP contribution is 2.31. The summed E-state index contributed by atoms with van der Waals surface area (Å²) in [5.74, 6) is 1.68. The van der Waals surface area contributed by atoms with E-state index in [0.717, 1.165) is 5.92 Å². The van der Waals surface area contributed by atoms with E-state index in [4.69, 9.17) is 4.74 Å². The van der Waals surface area contributed by atoms with Crippen LogP contribution in [-0.2, 0) is 9.53 Å². The SMILES string of the molecule is CC(C)COC(=O)CC(C)C1CCCCC1. The smallest absolute Gasteiger partial charge is 0.306 e. The van der Waals surface area contributed by atoms with Crippen molar-refractivity contribution in [2.75, 3.05) is 6.61 Å². The first kappa shape index (κ1) is 13.5. The molecule has 0 aromatic rings. The summed E-state index contributed by atoms with van der Waals surface area (Å²) in [6.07, 6.45) is 7.28. The van der Waals surface area contributed by atoms with Crippen LogP contribution in [0.4, 0.5) is 0 Å². The first-order valence-corrected chi connectivity index (χ1v) is 6.75. The number of carbonyl (C=O) groups excluding carboxylic acids is 1. The fourth-order valence-corrected chi connectivity index (χ4v) is 2.45. The van der Waals surface area contributed by atoms with E-state index >= 15 is 0 Å². The molecule has 1 aliphatic carbocycles. The Bertz CT molecular complexity index is 205. The lowest BCUT2D eigenvalue weighted by Crippen LogP contribution is -2.20. The molecule has 1 atom stereocenters. The lowest BCUT2D eigenvalue weighted by Gasteiger charge is -2.27. The lowest BCUT2D eigenvalue weighted by molar-refractivity contribution is -0.146. The van der Waals surface area contributed by atoms with Gasteiger partial charge in [0.05, 0.1) is 6.61 Å². The summed E-state index contributed by atoms with van der Waals surface area (Å²) in [5.41, 5.74) is 0. The van der Waals surface area contributed by atoms with E-state index in [1.807, 2.05) is 0 Å². The van der Waals surface area contributed by atoms with Gasteiger partial charge in [0.25, 0.3) is 0 Å². The molecule has 94 valence electrons. The molecular weight excluding hydrogens is 200 g/mol. The quantitative estimate of drug-likeness (QED) is 0.667. The Morgan fingerprint density at radius 2 is 1.81 bits per heavy atom. The summed E-state index contributed by atoms with van der Waals surface area (Å²) < 4.78 is 5.23. The molecule has 0 N–H and O–H groups in total. The molecule has 1 rings (SSSR count). The van der Waals surface area contributed by atoms with E-state index in [0.29, 0.717) is 24.9 Å². The van der Waals surface area contributed by atoms with Crippen molar-refractivity contribution in [2.45, 2.75) is 59.3 Å². The Hall–Kier alpha value is -0.530. The van der Waals surface area contributed by atoms with Gasteiger partial charge in [-0.1, -0.05) is 52.9 Å². The molecule has 2 nitrogen and oxygen atoms in total. The van der Waals surface area contributed by atoms with Crippen LogP contribution in [-0.4, -0.2) is 12.6 Å². The van der Waals surface area contributed by atoms with Gasteiger partial charge < -0.3 is 4.74 Å². The second kappa shape index (κ2) is 6.93. The Balaban J connectivity index is 2.21. The van der Waals surface area contributed by atoms with E-state index in [9.17, 15) is 4.79 Å². The molecule has 1 unspecified atom stereocenters. The number of hydrogen-bond donors (Lipinski definition) is 0. The van der Waals surface area contributed by atoms with Crippen LogP contribution >= 0.6 is 0 Å². The maximum absolute atomic E-state index is 11.6. The van der Waals surface area contributed by atoms with Crippen LogP contribution in [0, 0.1) is 17.8 Å². The van der Waals surface area contributed by atoms with Crippen LogP contribution in [0.5, 0.6) is 0 Å². The summed E-state index contributed by atoms with van der Waals surface area (Å²) in [6, 6.07) is 0. The van der Waals surface area contributed by atoms with Gasteiger partial charge in [0, 0.05) is 6.42 Å². The van der Waals surface area contributed by atoms with Crippen LogP contribution in [0.1, 0.15) is 59.3 Å². The maximum atomic E-state index is 11.6. The van der Waals surface area contributed by atoms with Gasteiger partial charge in [-0.3, -0.25) is 4.79 Å². The number of ether oxygens (including phenoxy) is 1. The molecule has 0 saturated heterocycles. The van der Waals surface area contributed by atoms with Crippen molar-refractivity contribution >= 4 is 5.97 Å². The summed E-state index contributed by atoms with van der Waals surface area (Å²) in [7, 11) is 0. The van der Waals surface area contributed by atoms with E-state index in [-0.39, 0.29) is 5.97 Å². The van der Waals surface area contributed by atoms with Crippen molar-refractivity contribution in [1.29, 1.82) is 0 Å². The van der Waals surface area contributed by atoms with Crippen LogP contribution in [0.3, 0.4) is 0 Å². The van der Waals surface area contributed by atoms with Gasteiger partial charge >= 0.3 is 5.97 Å². The zero-order valence-corrected chi connectivity index (χ0v) is 11.0. The van der Waals surface area contributed by atoms with Gasteiger partial charge in [0.1, 0.15) is 0 Å². The van der Waals surface area contributed by atoms with Gasteiger partial charge in [-0.05, 0) is 17.8 Å². The molecule has 0 amide bonds. The lowest BCUT2D eigenvalue weighted by atomic mass is 9.79. The van der Waals surface area contributed by atoms with Gasteiger partial charge in [0.2, 0.25) is 0 Å². The predicted molar refractivity (Wildman–Crippen MR) is 66.2 cm³/mol. The average molecular weight is 226 g/mol. The Morgan fingerprint density at radius 3 is 2.38 bits per heavy atom. The largest absolute Gasteiger partial charge is 0.465 e. The van der Waals surface area contributed by atoms with E-state index in [1.54, 1.807) is 0 Å². The summed E-state index contributed by atoms with van der Waals surface area (Å²) in [6.45, 7) is 6.90. The second-order valence-corrected chi connectivity index (χ2v) is 5.66. The number of hydrogen-bond acceptors (Lipinski definition) is 2. The average Bonchev–Trinajstić information content (AvgIpc) is 2.27. The van der Waals surface area contributed by atoms with Crippen molar-refractivity contribution in [1.82, 2.24) is 0 Å². The fourth-order valence-electron chi connectivity index (χ4n) is 2.45. The van der Waals surface area contributed by atoms with Crippen LogP contribution in [0.15, 0.2) is 0 Å². The van der Waals surface area contributed by atoms with Crippen molar-refractivity contribution in [3.63, 3.8) is 0 Å². The van der Waals surface area contributed by atoms with Crippen molar-refractivity contribution < 1.29 is 9.53 Å². The molecule has 1 fully saturated rings. The van der Waals surface area contributed by atoms with Crippen molar-refractivity contribution in [3.05, 3.63) is 0 Å². The van der Waals surface area contributed by atoms with Gasteiger partial charge in [-0.25, -0.2) is 0 Å². The van der Waals surface area contributed by atoms with E-state index < -0.39 is 0 Å². The fraction of sp³-hybridized carbons (Fsp3) is 0.929. The van der Waals surface area contributed by atoms with Gasteiger partial charge in [-0.2, -0.15) is 0 Å². The Kier molecular flexibility index (Phi) is 5.86. The minimum absolute atomic E-state index is 0.00762. The summed E-state index contributed by atoms with van der Waals surface area (Å²) in [5, 5.41) is 0. The molecule has 1 saturated carbocycles. The third kappa shape index (κ3) is 5.00. The first-order valence-electron chi connectivity index (χ1n) is 6.75. The Morgan fingerprint density at radius 1 is 1.19 bits per heavy atom. The molecule has 2 heteroatoms. The predicted octanol–water partition coefficient (Wildman–Crippen LogP) is 3.79. The number of esters is 1. The highest BCUT2D eigenvalue weighted by molar-refractivity contribution is 5.69. The minimum Gasteiger partial charge on any atom is -0.465 e. The maximum Gasteiger partial charge on any atom is 0.306 e. The monoisotopic (exact) mass is 226 g/mol. The standard InChI is InChI=1S/C14H26O2/c1-11(2)10-16-14(15)9-12(3)13-7-5-4-6-8-13/h11-13H,4-10H2,1-3H3. The molecule has 1 aliphatic rings.